The van der Waals surface area contributed by atoms with E-state index in [0.717, 1.165) is 30.6 Å². The number of aryl methyl sites for hydroxylation is 1. The Morgan fingerprint density at radius 2 is 1.85 bits per heavy atom. The number of nitrogens with zero attached hydrogens (tertiary/aromatic N) is 3. The smallest absolute Gasteiger partial charge is 0.246 e. The van der Waals surface area contributed by atoms with Crippen molar-refractivity contribution >= 4 is 17.4 Å². The summed E-state index contributed by atoms with van der Waals surface area (Å²) in [5, 5.41) is 11.3. The molecule has 0 aliphatic carbocycles. The summed E-state index contributed by atoms with van der Waals surface area (Å²) in [6.45, 7) is 0.881. The van der Waals surface area contributed by atoms with Crippen molar-refractivity contribution in [3.05, 3.63) is 72.0 Å². The maximum Gasteiger partial charge on any atom is 0.246 e. The predicted molar refractivity (Wildman–Crippen MR) is 103 cm³/mol. The lowest BCUT2D eigenvalue weighted by molar-refractivity contribution is -0.117. The van der Waals surface area contributed by atoms with E-state index in [0.29, 0.717) is 11.5 Å². The number of rotatable bonds is 4. The third-order valence-electron chi connectivity index (χ3n) is 4.64. The van der Waals surface area contributed by atoms with Gasteiger partial charge in [-0.2, -0.15) is 0 Å². The van der Waals surface area contributed by atoms with Crippen molar-refractivity contribution in [3.8, 4) is 11.3 Å². The Morgan fingerprint density at radius 3 is 2.63 bits per heavy atom. The molecule has 2 aromatic carbocycles. The van der Waals surface area contributed by atoms with E-state index in [9.17, 15) is 9.18 Å². The first kappa shape index (κ1) is 17.1. The maximum atomic E-state index is 13.0. The molecule has 1 aromatic heterocycles. The highest BCUT2D eigenvalue weighted by Crippen LogP contribution is 2.26. The average Bonchev–Trinajstić information content (AvgIpc) is 2.72. The summed E-state index contributed by atoms with van der Waals surface area (Å²) in [6.07, 6.45) is 1.97. The molecule has 4 rings (SSSR count). The van der Waals surface area contributed by atoms with E-state index in [-0.39, 0.29) is 18.3 Å². The summed E-state index contributed by atoms with van der Waals surface area (Å²) in [5.41, 5.74) is 3.64. The van der Waals surface area contributed by atoms with E-state index in [1.54, 1.807) is 24.3 Å². The van der Waals surface area contributed by atoms with Crippen LogP contribution in [0.4, 0.5) is 15.9 Å². The second kappa shape index (κ2) is 7.53. The van der Waals surface area contributed by atoms with Gasteiger partial charge in [0.05, 0.1) is 12.2 Å². The fourth-order valence-corrected chi connectivity index (χ4v) is 3.26. The zero-order valence-corrected chi connectivity index (χ0v) is 14.7. The second-order valence-corrected chi connectivity index (χ2v) is 6.44. The normalized spacial score (nSPS) is 13.1. The number of carbonyl (C=O) groups excluding carboxylic acids is 1. The number of anilines is 2. The number of hydrogen-bond donors (Lipinski definition) is 1. The molecular weight excluding hydrogens is 343 g/mol. The van der Waals surface area contributed by atoms with E-state index in [1.807, 2.05) is 23.1 Å². The Labute approximate surface area is 156 Å². The molecule has 136 valence electrons. The van der Waals surface area contributed by atoms with E-state index < -0.39 is 0 Å². The SMILES string of the molecule is O=C(CNc1ccc(-c2ccc(F)cc2)nn1)N1CCCc2ccccc21. The summed E-state index contributed by atoms with van der Waals surface area (Å²) in [7, 11) is 0. The van der Waals surface area contributed by atoms with Crippen LogP contribution in [0.5, 0.6) is 0 Å². The van der Waals surface area contributed by atoms with E-state index >= 15 is 0 Å². The van der Waals surface area contributed by atoms with Crippen LogP contribution in [-0.4, -0.2) is 29.2 Å². The monoisotopic (exact) mass is 362 g/mol. The number of halogens is 1. The first-order valence-electron chi connectivity index (χ1n) is 8.92. The van der Waals surface area contributed by atoms with Crippen LogP contribution in [0.2, 0.25) is 0 Å². The van der Waals surface area contributed by atoms with E-state index in [4.69, 9.17) is 0 Å². The van der Waals surface area contributed by atoms with Crippen molar-refractivity contribution in [1.82, 2.24) is 10.2 Å². The van der Waals surface area contributed by atoms with Gasteiger partial charge in [0, 0.05) is 17.8 Å². The minimum absolute atomic E-state index is 0.00608. The number of amides is 1. The fourth-order valence-electron chi connectivity index (χ4n) is 3.26. The summed E-state index contributed by atoms with van der Waals surface area (Å²) in [4.78, 5) is 14.5. The van der Waals surface area contributed by atoms with Gasteiger partial charge in [-0.15, -0.1) is 10.2 Å². The molecule has 0 spiro atoms. The molecule has 1 aliphatic rings. The summed E-state index contributed by atoms with van der Waals surface area (Å²) >= 11 is 0. The topological polar surface area (TPSA) is 58.1 Å². The Bertz CT molecular complexity index is 941. The molecule has 0 atom stereocenters. The van der Waals surface area contributed by atoms with Crippen molar-refractivity contribution in [2.75, 3.05) is 23.3 Å². The van der Waals surface area contributed by atoms with Crippen LogP contribution in [0.15, 0.2) is 60.7 Å². The van der Waals surface area contributed by atoms with Crippen molar-refractivity contribution in [2.24, 2.45) is 0 Å². The van der Waals surface area contributed by atoms with Crippen LogP contribution in [0.25, 0.3) is 11.3 Å². The van der Waals surface area contributed by atoms with Crippen LogP contribution in [-0.2, 0) is 11.2 Å². The van der Waals surface area contributed by atoms with Crippen molar-refractivity contribution in [2.45, 2.75) is 12.8 Å². The molecule has 1 N–H and O–H groups in total. The molecule has 0 saturated carbocycles. The number of hydrogen-bond acceptors (Lipinski definition) is 4. The second-order valence-electron chi connectivity index (χ2n) is 6.44. The first-order chi connectivity index (χ1) is 13.2. The number of aromatic nitrogens is 2. The van der Waals surface area contributed by atoms with Gasteiger partial charge in [0.15, 0.2) is 0 Å². The molecule has 6 heteroatoms. The number of benzene rings is 2. The number of para-hydroxylation sites is 1. The van der Waals surface area contributed by atoms with Gasteiger partial charge < -0.3 is 10.2 Å². The molecule has 1 amide bonds. The molecule has 0 fully saturated rings. The highest BCUT2D eigenvalue weighted by Gasteiger charge is 2.21. The van der Waals surface area contributed by atoms with E-state index in [1.165, 1.54) is 17.7 Å². The summed E-state index contributed by atoms with van der Waals surface area (Å²) in [6, 6.07) is 17.7. The molecule has 1 aliphatic heterocycles. The zero-order valence-electron chi connectivity index (χ0n) is 14.7. The minimum atomic E-state index is -0.289. The highest BCUT2D eigenvalue weighted by molar-refractivity contribution is 5.97. The molecule has 0 unspecified atom stereocenters. The number of nitrogens with one attached hydrogen (secondary N) is 1. The lowest BCUT2D eigenvalue weighted by Crippen LogP contribution is -2.39. The van der Waals surface area contributed by atoms with Gasteiger partial charge in [0.2, 0.25) is 5.91 Å². The van der Waals surface area contributed by atoms with Crippen LogP contribution in [0.3, 0.4) is 0 Å². The molecule has 3 aromatic rings. The van der Waals surface area contributed by atoms with Crippen LogP contribution in [0.1, 0.15) is 12.0 Å². The first-order valence-corrected chi connectivity index (χ1v) is 8.92. The van der Waals surface area contributed by atoms with Crippen molar-refractivity contribution < 1.29 is 9.18 Å². The maximum absolute atomic E-state index is 13.0. The number of fused-ring (bicyclic) bond motifs is 1. The van der Waals surface area contributed by atoms with Crippen LogP contribution < -0.4 is 10.2 Å². The zero-order chi connectivity index (χ0) is 18.6. The third-order valence-corrected chi connectivity index (χ3v) is 4.64. The Hall–Kier alpha value is -3.28. The average molecular weight is 362 g/mol. The van der Waals surface area contributed by atoms with Crippen LogP contribution >= 0.6 is 0 Å². The van der Waals surface area contributed by atoms with E-state index in [2.05, 4.69) is 21.6 Å². The largest absolute Gasteiger partial charge is 0.359 e. The Morgan fingerprint density at radius 1 is 1.04 bits per heavy atom. The van der Waals surface area contributed by atoms with Gasteiger partial charge in [-0.3, -0.25) is 4.79 Å². The molecule has 27 heavy (non-hydrogen) atoms. The van der Waals surface area contributed by atoms with Gasteiger partial charge in [-0.1, -0.05) is 18.2 Å². The molecule has 5 nitrogen and oxygen atoms in total. The molecule has 0 saturated heterocycles. The van der Waals surface area contributed by atoms with Crippen LogP contribution in [0, 0.1) is 5.82 Å². The predicted octanol–water partition coefficient (Wildman–Crippen LogP) is 3.67. The van der Waals surface area contributed by atoms with Gasteiger partial charge in [-0.25, -0.2) is 4.39 Å². The lowest BCUT2D eigenvalue weighted by atomic mass is 10.0. The lowest BCUT2D eigenvalue weighted by Gasteiger charge is -2.29. The molecule has 2 heterocycles. The van der Waals surface area contributed by atoms with Crippen molar-refractivity contribution in [1.29, 1.82) is 0 Å². The van der Waals surface area contributed by atoms with Gasteiger partial charge in [0.25, 0.3) is 0 Å². The quantitative estimate of drug-likeness (QED) is 0.769. The Balaban J connectivity index is 1.40. The highest BCUT2D eigenvalue weighted by atomic mass is 19.1. The standard InChI is InChI=1S/C21H19FN4O/c22-17-9-7-15(8-10-17)18-11-12-20(25-24-18)23-14-21(27)26-13-3-5-16-4-1-2-6-19(16)26/h1-2,4,6-12H,3,5,13-14H2,(H,23,25). The Kier molecular flexibility index (Phi) is 4.78. The third kappa shape index (κ3) is 3.79. The van der Waals surface area contributed by atoms with Gasteiger partial charge in [-0.05, 0) is 60.9 Å². The minimum Gasteiger partial charge on any atom is -0.359 e. The van der Waals surface area contributed by atoms with Crippen molar-refractivity contribution in [3.63, 3.8) is 0 Å². The van der Waals surface area contributed by atoms with Gasteiger partial charge in [0.1, 0.15) is 11.6 Å². The fraction of sp³-hybridized carbons (Fsp3) is 0.190. The molecular formula is C21H19FN4O. The van der Waals surface area contributed by atoms with Gasteiger partial charge >= 0.3 is 0 Å². The number of carbonyl (C=O) groups is 1. The molecule has 0 radical (unpaired) electrons. The summed E-state index contributed by atoms with van der Waals surface area (Å²) in [5.74, 6) is 0.244. The summed E-state index contributed by atoms with van der Waals surface area (Å²) < 4.78 is 13.0. The molecule has 0 bridgehead atoms.